The smallest absolute Gasteiger partial charge is 0.294 e. The number of hydrogen-bond acceptors (Lipinski definition) is 15. The van der Waals surface area contributed by atoms with Gasteiger partial charge in [-0.2, -0.15) is 33.3 Å². The summed E-state index contributed by atoms with van der Waals surface area (Å²) in [5.74, 6) is 0.564. The number of rotatable bonds is 10. The first-order valence-electron chi connectivity index (χ1n) is 10.1. The third-order valence-electron chi connectivity index (χ3n) is 4.35. The fourth-order valence-electron chi connectivity index (χ4n) is 2.91. The molecule has 5 N–H and O–H groups in total. The summed E-state index contributed by atoms with van der Waals surface area (Å²) in [7, 11) is -4.41. The minimum atomic E-state index is -4.41. The number of nitrogens with zero attached hydrogens (tertiary/aromatic N) is 6. The van der Waals surface area contributed by atoms with E-state index in [0.29, 0.717) is 34.1 Å². The highest BCUT2D eigenvalue weighted by atomic mass is 35.5. The molecule has 19 heteroatoms. The Morgan fingerprint density at radius 2 is 1.47 bits per heavy atom. The molecule has 4 aromatic rings. The van der Waals surface area contributed by atoms with Crippen LogP contribution in [0.5, 0.6) is 0 Å². The van der Waals surface area contributed by atoms with Crippen LogP contribution in [0.15, 0.2) is 52.3 Å². The van der Waals surface area contributed by atoms with Gasteiger partial charge in [-0.3, -0.25) is 4.55 Å². The number of aryl methyl sites for hydroxylation is 1. The molecule has 0 aliphatic rings. The van der Waals surface area contributed by atoms with E-state index < -0.39 is 10.1 Å². The monoisotopic (exact) mass is 599 g/mol. The van der Waals surface area contributed by atoms with Crippen molar-refractivity contribution in [2.75, 3.05) is 16.0 Å². The van der Waals surface area contributed by atoms with Crippen molar-refractivity contribution in [1.82, 2.24) is 29.9 Å². The molecule has 0 saturated carbocycles. The predicted octanol–water partition coefficient (Wildman–Crippen LogP) is 4.58. The van der Waals surface area contributed by atoms with E-state index in [9.17, 15) is 13.0 Å². The van der Waals surface area contributed by atoms with Crippen molar-refractivity contribution in [3.05, 3.63) is 58.9 Å². The lowest BCUT2D eigenvalue weighted by atomic mass is 10.2. The Bertz CT molecular complexity index is 1560. The number of anilines is 6. The maximum atomic E-state index is 11.4. The number of halogens is 2. The Hall–Kier alpha value is -3.42. The van der Waals surface area contributed by atoms with E-state index in [4.69, 9.17) is 28.5 Å². The molecule has 38 heavy (non-hydrogen) atoms. The van der Waals surface area contributed by atoms with E-state index in [1.807, 2.05) is 0 Å². The Morgan fingerprint density at radius 1 is 0.842 bits per heavy atom. The first kappa shape index (κ1) is 27.6. The van der Waals surface area contributed by atoms with Crippen molar-refractivity contribution in [1.29, 1.82) is 0 Å². The van der Waals surface area contributed by atoms with E-state index in [1.165, 1.54) is 18.2 Å². The second kappa shape index (κ2) is 12.0. The van der Waals surface area contributed by atoms with E-state index >= 15 is 0 Å². The van der Waals surface area contributed by atoms with Gasteiger partial charge in [0.25, 0.3) is 10.1 Å². The molecule has 2 aromatic carbocycles. The van der Waals surface area contributed by atoms with Crippen molar-refractivity contribution >= 4 is 80.3 Å². The van der Waals surface area contributed by atoms with Gasteiger partial charge in [0.05, 0.1) is 27.5 Å². The van der Waals surface area contributed by atoms with Crippen LogP contribution < -0.4 is 16.0 Å². The minimum Gasteiger partial charge on any atom is -0.324 e. The van der Waals surface area contributed by atoms with Crippen molar-refractivity contribution in [2.24, 2.45) is 0 Å². The third kappa shape index (κ3) is 7.55. The zero-order valence-electron chi connectivity index (χ0n) is 18.8. The van der Waals surface area contributed by atoms with Crippen LogP contribution in [-0.4, -0.2) is 48.1 Å². The van der Waals surface area contributed by atoms with Crippen molar-refractivity contribution in [3.8, 4) is 0 Å². The summed E-state index contributed by atoms with van der Waals surface area (Å²) in [6.07, 6.45) is 0. The molecule has 198 valence electrons. The van der Waals surface area contributed by atoms with Crippen LogP contribution >= 0.6 is 35.2 Å². The maximum Gasteiger partial charge on any atom is 0.294 e. The summed E-state index contributed by atoms with van der Waals surface area (Å²) < 4.78 is 36.6. The molecule has 2 heterocycles. The lowest BCUT2D eigenvalue weighted by molar-refractivity contribution is -0.432. The maximum absolute atomic E-state index is 11.4. The largest absolute Gasteiger partial charge is 0.324 e. The van der Waals surface area contributed by atoms with Crippen LogP contribution in [0.2, 0.25) is 10.6 Å². The molecule has 0 aliphatic heterocycles. The molecule has 0 fully saturated rings. The van der Waals surface area contributed by atoms with Gasteiger partial charge < -0.3 is 16.0 Å². The molecular weight excluding hydrogens is 585 g/mol. The molecule has 4 rings (SSSR count). The normalized spacial score (nSPS) is 11.3. The number of aromatic nitrogens is 6. The zero-order chi connectivity index (χ0) is 27.3. The molecule has 0 saturated heterocycles. The number of benzene rings is 2. The molecule has 0 aliphatic carbocycles. The van der Waals surface area contributed by atoms with Crippen molar-refractivity contribution in [3.63, 3.8) is 0 Å². The summed E-state index contributed by atoms with van der Waals surface area (Å²) in [6.45, 7) is 1.64. The van der Waals surface area contributed by atoms with Gasteiger partial charge in [-0.05, 0) is 66.5 Å². The van der Waals surface area contributed by atoms with Gasteiger partial charge in [0.1, 0.15) is 5.82 Å². The summed E-state index contributed by atoms with van der Waals surface area (Å²) in [5, 5.41) is 20.8. The van der Waals surface area contributed by atoms with Crippen LogP contribution in [0, 0.1) is 6.92 Å². The Kier molecular flexibility index (Phi) is 8.69. The highest BCUT2D eigenvalue weighted by molar-refractivity contribution is 7.94. The fourth-order valence-corrected chi connectivity index (χ4v) is 4.23. The summed E-state index contributed by atoms with van der Waals surface area (Å²) in [4.78, 5) is 24.5. The Labute approximate surface area is 228 Å². The van der Waals surface area contributed by atoms with Gasteiger partial charge in [-0.1, -0.05) is 11.1 Å². The molecule has 0 spiro atoms. The highest BCUT2D eigenvalue weighted by Gasteiger charge is 2.13. The van der Waals surface area contributed by atoms with Gasteiger partial charge in [0.2, 0.25) is 28.4 Å². The molecular formula is C19H15Cl2N9O6S2. The molecule has 2 aromatic heterocycles. The summed E-state index contributed by atoms with van der Waals surface area (Å²) in [6, 6.07) is 10.3. The van der Waals surface area contributed by atoms with Crippen molar-refractivity contribution in [2.45, 2.75) is 16.7 Å². The quantitative estimate of drug-likeness (QED) is 0.0731. The van der Waals surface area contributed by atoms with E-state index in [1.54, 1.807) is 31.2 Å². The van der Waals surface area contributed by atoms with Gasteiger partial charge in [0.15, 0.2) is 0 Å². The van der Waals surface area contributed by atoms with E-state index in [2.05, 4.69) is 55.2 Å². The molecule has 0 radical (unpaired) electrons. The van der Waals surface area contributed by atoms with Crippen LogP contribution in [-0.2, 0) is 19.5 Å². The average Bonchev–Trinajstić information content (AvgIpc) is 2.82. The van der Waals surface area contributed by atoms with Gasteiger partial charge in [-0.25, -0.2) is 10.2 Å². The molecule has 15 nitrogen and oxygen atoms in total. The second-order valence-electron chi connectivity index (χ2n) is 7.04. The fraction of sp³-hybridized carbons (Fsp3) is 0.0526. The van der Waals surface area contributed by atoms with Crippen molar-refractivity contribution < 1.29 is 27.6 Å². The molecule has 0 atom stereocenters. The van der Waals surface area contributed by atoms with Crippen LogP contribution in [0.3, 0.4) is 0 Å². The number of nitrogens with one attached hydrogen (secondary N) is 3. The SMILES string of the molecule is Cc1nc(Cl)nc(Nc2cc(Nc3nc(Cl)nc(Nc4cccc(S(=O)(=O)O)c4)n3)ccc2SOOO)n1. The zero-order valence-corrected chi connectivity index (χ0v) is 22.0. The highest BCUT2D eigenvalue weighted by Crippen LogP contribution is 2.33. The Morgan fingerprint density at radius 3 is 2.11 bits per heavy atom. The van der Waals surface area contributed by atoms with Gasteiger partial charge in [-0.15, -0.1) is 4.33 Å². The summed E-state index contributed by atoms with van der Waals surface area (Å²) >= 11 is 12.7. The third-order valence-corrected chi connectivity index (χ3v) is 6.20. The molecule has 0 amide bonds. The Balaban J connectivity index is 1.60. The standard InChI is InChI=1S/C19H15Cl2N9O6S2/c1-9-22-15(20)27-17(23-9)26-13-8-11(5-6-14(13)37-36-35-31)25-19-29-16(21)28-18(30-19)24-10-3-2-4-12(7-10)38(32,33)34/h2-8,31H,1H3,(H,32,33,34)(H,22,23,26,27)(H2,24,25,28,29,30). The first-order valence-corrected chi connectivity index (χ1v) is 13.0. The minimum absolute atomic E-state index is 0.00527. The first-order chi connectivity index (χ1) is 18.1. The lowest BCUT2D eigenvalue weighted by Crippen LogP contribution is -2.06. The van der Waals surface area contributed by atoms with E-state index in [0.717, 1.165) is 0 Å². The average molecular weight is 600 g/mol. The molecule has 0 unspecified atom stereocenters. The number of hydrogen-bond donors (Lipinski definition) is 5. The second-order valence-corrected chi connectivity index (χ2v) is 9.88. The molecule has 0 bridgehead atoms. The van der Waals surface area contributed by atoms with Gasteiger partial charge >= 0.3 is 0 Å². The summed E-state index contributed by atoms with van der Waals surface area (Å²) in [5.41, 5.74) is 1.16. The topological polar surface area (TPSA) is 206 Å². The van der Waals surface area contributed by atoms with Crippen LogP contribution in [0.1, 0.15) is 5.82 Å². The van der Waals surface area contributed by atoms with Gasteiger partial charge in [0, 0.05) is 11.4 Å². The van der Waals surface area contributed by atoms with Crippen LogP contribution in [0.4, 0.5) is 34.9 Å². The van der Waals surface area contributed by atoms with Crippen LogP contribution in [0.25, 0.3) is 0 Å². The predicted molar refractivity (Wildman–Crippen MR) is 138 cm³/mol. The van der Waals surface area contributed by atoms with E-state index in [-0.39, 0.29) is 39.0 Å². The lowest BCUT2D eigenvalue weighted by Gasteiger charge is -2.13.